The number of anilines is 1. The number of benzene rings is 3. The van der Waals surface area contributed by atoms with Gasteiger partial charge in [-0.1, -0.05) is 54.6 Å². The lowest BCUT2D eigenvalue weighted by atomic mass is 9.92. The minimum absolute atomic E-state index is 0.0378. The van der Waals surface area contributed by atoms with Crippen LogP contribution in [-0.2, 0) is 6.42 Å². The number of nitrogens with one attached hydrogen (secondary N) is 1. The average molecular weight is 447 g/mol. The zero-order valence-corrected chi connectivity index (χ0v) is 18.4. The molecule has 0 bridgehead atoms. The van der Waals surface area contributed by atoms with Crippen LogP contribution in [0.4, 0.5) is 5.82 Å². The maximum atomic E-state index is 5.72. The van der Waals surface area contributed by atoms with Gasteiger partial charge in [0.2, 0.25) is 6.79 Å². The summed E-state index contributed by atoms with van der Waals surface area (Å²) >= 11 is 0. The molecular formula is C28H22N4O2. The molecule has 4 heterocycles. The minimum atomic E-state index is -0.0378. The number of fused-ring (bicyclic) bond motifs is 4. The summed E-state index contributed by atoms with van der Waals surface area (Å²) in [6.45, 7) is 1.11. The summed E-state index contributed by atoms with van der Waals surface area (Å²) in [6.07, 6.45) is 2.78. The molecule has 2 aliphatic heterocycles. The van der Waals surface area contributed by atoms with Gasteiger partial charge >= 0.3 is 0 Å². The second kappa shape index (κ2) is 7.63. The van der Waals surface area contributed by atoms with Gasteiger partial charge in [-0.15, -0.1) is 0 Å². The lowest BCUT2D eigenvalue weighted by Gasteiger charge is -2.37. The fraction of sp³-hybridized carbons (Fsp3) is 0.143. The molecule has 0 aliphatic carbocycles. The number of rotatable bonds is 3. The Morgan fingerprint density at radius 2 is 1.74 bits per heavy atom. The van der Waals surface area contributed by atoms with E-state index in [-0.39, 0.29) is 12.8 Å². The number of ether oxygens (including phenoxy) is 2. The highest BCUT2D eigenvalue weighted by Gasteiger charge is 2.33. The number of H-pyrrole nitrogens is 1. The van der Waals surface area contributed by atoms with Crippen molar-refractivity contribution in [3.05, 3.63) is 102 Å². The zero-order chi connectivity index (χ0) is 22.5. The quantitative estimate of drug-likeness (QED) is 0.396. The first-order chi connectivity index (χ1) is 16.8. The van der Waals surface area contributed by atoms with Crippen molar-refractivity contribution in [3.8, 4) is 22.9 Å². The van der Waals surface area contributed by atoms with Crippen LogP contribution in [0, 0.1) is 0 Å². The first-order valence-corrected chi connectivity index (χ1v) is 11.5. The minimum Gasteiger partial charge on any atom is -0.454 e. The normalized spacial score (nSPS) is 16.6. The van der Waals surface area contributed by atoms with E-state index >= 15 is 0 Å². The molecule has 2 aromatic heterocycles. The van der Waals surface area contributed by atoms with Gasteiger partial charge < -0.3 is 19.4 Å². The van der Waals surface area contributed by atoms with Crippen LogP contribution in [0.3, 0.4) is 0 Å². The van der Waals surface area contributed by atoms with Gasteiger partial charge in [0.05, 0.1) is 6.04 Å². The fourth-order valence-electron chi connectivity index (χ4n) is 5.15. The third-order valence-electron chi connectivity index (χ3n) is 6.71. The van der Waals surface area contributed by atoms with Crippen LogP contribution in [0.5, 0.6) is 11.5 Å². The maximum Gasteiger partial charge on any atom is 0.231 e. The lowest BCUT2D eigenvalue weighted by molar-refractivity contribution is 0.174. The zero-order valence-electron chi connectivity index (χ0n) is 18.4. The highest BCUT2D eigenvalue weighted by molar-refractivity contribution is 5.86. The van der Waals surface area contributed by atoms with Gasteiger partial charge in [-0.25, -0.2) is 9.97 Å². The summed E-state index contributed by atoms with van der Waals surface area (Å²) < 4.78 is 11.3. The molecular weight excluding hydrogens is 424 g/mol. The Morgan fingerprint density at radius 1 is 0.882 bits per heavy atom. The van der Waals surface area contributed by atoms with Crippen molar-refractivity contribution in [2.45, 2.75) is 12.5 Å². The predicted molar refractivity (Wildman–Crippen MR) is 131 cm³/mol. The van der Waals surface area contributed by atoms with Crippen molar-refractivity contribution >= 4 is 16.7 Å². The molecule has 0 fully saturated rings. The summed E-state index contributed by atoms with van der Waals surface area (Å²) in [7, 11) is 0. The molecule has 0 saturated heterocycles. The van der Waals surface area contributed by atoms with E-state index in [1.165, 1.54) is 16.6 Å². The second-order valence-corrected chi connectivity index (χ2v) is 8.63. The van der Waals surface area contributed by atoms with Crippen molar-refractivity contribution in [2.75, 3.05) is 18.2 Å². The number of hydrogen-bond donors (Lipinski definition) is 1. The van der Waals surface area contributed by atoms with Crippen molar-refractivity contribution in [3.63, 3.8) is 0 Å². The number of para-hydroxylation sites is 1. The van der Waals surface area contributed by atoms with E-state index in [0.29, 0.717) is 0 Å². The van der Waals surface area contributed by atoms with Gasteiger partial charge in [-0.3, -0.25) is 0 Å². The summed E-state index contributed by atoms with van der Waals surface area (Å²) in [5, 5.41) is 1.29. The Morgan fingerprint density at radius 3 is 2.68 bits per heavy atom. The monoisotopic (exact) mass is 446 g/mol. The van der Waals surface area contributed by atoms with E-state index in [9.17, 15) is 0 Å². The van der Waals surface area contributed by atoms with Crippen LogP contribution in [0.2, 0.25) is 0 Å². The maximum absolute atomic E-state index is 5.72. The molecule has 6 nitrogen and oxygen atoms in total. The third kappa shape index (κ3) is 3.03. The topological polar surface area (TPSA) is 63.3 Å². The summed E-state index contributed by atoms with van der Waals surface area (Å²) in [5.74, 6) is 3.20. The summed E-state index contributed by atoms with van der Waals surface area (Å²) in [4.78, 5) is 15.6. The van der Waals surface area contributed by atoms with Gasteiger partial charge in [-0.05, 0) is 41.8 Å². The first-order valence-electron chi connectivity index (χ1n) is 11.5. The second-order valence-electron chi connectivity index (χ2n) is 8.63. The Hall–Kier alpha value is -4.32. The average Bonchev–Trinajstić information content (AvgIpc) is 3.53. The van der Waals surface area contributed by atoms with E-state index < -0.39 is 0 Å². The molecule has 34 heavy (non-hydrogen) atoms. The van der Waals surface area contributed by atoms with Crippen molar-refractivity contribution in [1.82, 2.24) is 15.0 Å². The summed E-state index contributed by atoms with van der Waals surface area (Å²) in [5.41, 5.74) is 5.87. The molecule has 6 heteroatoms. The Labute approximate surface area is 196 Å². The highest BCUT2D eigenvalue weighted by atomic mass is 16.7. The van der Waals surface area contributed by atoms with E-state index in [1.807, 2.05) is 48.7 Å². The van der Waals surface area contributed by atoms with Crippen LogP contribution in [0.1, 0.15) is 22.9 Å². The van der Waals surface area contributed by atoms with E-state index in [0.717, 1.165) is 52.8 Å². The van der Waals surface area contributed by atoms with Crippen LogP contribution < -0.4 is 14.4 Å². The van der Waals surface area contributed by atoms with Crippen molar-refractivity contribution in [1.29, 1.82) is 0 Å². The van der Waals surface area contributed by atoms with Gasteiger partial charge in [0.1, 0.15) is 5.82 Å². The molecule has 2 aliphatic rings. The van der Waals surface area contributed by atoms with Gasteiger partial charge in [0, 0.05) is 34.9 Å². The molecule has 1 unspecified atom stereocenters. The molecule has 166 valence electrons. The molecule has 0 spiro atoms. The Balaban J connectivity index is 1.39. The first kappa shape index (κ1) is 19.2. The summed E-state index contributed by atoms with van der Waals surface area (Å²) in [6, 6.07) is 26.8. The molecule has 0 saturated carbocycles. The van der Waals surface area contributed by atoms with E-state index in [2.05, 4.69) is 51.3 Å². The van der Waals surface area contributed by atoms with Crippen molar-refractivity contribution < 1.29 is 9.47 Å². The predicted octanol–water partition coefficient (Wildman–Crippen LogP) is 5.51. The van der Waals surface area contributed by atoms with Crippen molar-refractivity contribution in [2.24, 2.45) is 0 Å². The van der Waals surface area contributed by atoms with Crippen LogP contribution in [-0.4, -0.2) is 28.3 Å². The molecule has 0 radical (unpaired) electrons. The Kier molecular flexibility index (Phi) is 4.30. The van der Waals surface area contributed by atoms with Crippen LogP contribution in [0.25, 0.3) is 22.3 Å². The number of aromatic nitrogens is 3. The number of hydrogen-bond acceptors (Lipinski definition) is 5. The van der Waals surface area contributed by atoms with Crippen LogP contribution in [0.15, 0.2) is 85.1 Å². The SMILES string of the molecule is c1ccc(-c2nccc(N3CCc4c([nH]c5ccccc45)C3c3ccc4c(c3)OCO4)n2)cc1. The lowest BCUT2D eigenvalue weighted by Crippen LogP contribution is -2.36. The third-order valence-corrected chi connectivity index (χ3v) is 6.71. The highest BCUT2D eigenvalue weighted by Crippen LogP contribution is 2.43. The van der Waals surface area contributed by atoms with Gasteiger partial charge in [0.25, 0.3) is 0 Å². The Bertz CT molecular complexity index is 1510. The van der Waals surface area contributed by atoms with Gasteiger partial charge in [-0.2, -0.15) is 0 Å². The molecule has 1 atom stereocenters. The number of nitrogens with zero attached hydrogens (tertiary/aromatic N) is 3. The largest absolute Gasteiger partial charge is 0.454 e. The van der Waals surface area contributed by atoms with Crippen LogP contribution >= 0.6 is 0 Å². The standard InChI is InChI=1S/C28H22N4O2/c1-2-6-18(7-3-1)28-29-14-12-25(31-28)32-15-13-21-20-8-4-5-9-22(20)30-26(21)27(32)19-10-11-23-24(16-19)34-17-33-23/h1-12,14,16,27,30H,13,15,17H2. The van der Waals surface area contributed by atoms with E-state index in [1.54, 1.807) is 0 Å². The smallest absolute Gasteiger partial charge is 0.231 e. The number of aromatic amines is 1. The molecule has 0 amide bonds. The molecule has 1 N–H and O–H groups in total. The molecule has 3 aromatic carbocycles. The molecule has 5 aromatic rings. The van der Waals surface area contributed by atoms with Gasteiger partial charge in [0.15, 0.2) is 17.3 Å². The molecule has 7 rings (SSSR count). The van der Waals surface area contributed by atoms with E-state index in [4.69, 9.17) is 14.5 Å². The fourth-order valence-corrected chi connectivity index (χ4v) is 5.15.